The molecule has 0 aromatic heterocycles. The number of rotatable bonds is 6. The summed E-state index contributed by atoms with van der Waals surface area (Å²) >= 11 is 6.59. The standard InChI is InChI=1S/C24H19NO2S2/c1-2-14-25-23(26)22(29-24(25)28)15-17-10-12-20(13-11-17)27-16-19-8-5-7-18-6-3-4-9-21(18)19/h2-13,15H,1,14,16H2. The largest absolute Gasteiger partial charge is 0.489 e. The highest BCUT2D eigenvalue weighted by Gasteiger charge is 2.30. The Hall–Kier alpha value is -2.89. The molecule has 1 heterocycles. The minimum atomic E-state index is -0.0730. The maximum atomic E-state index is 12.4. The average molecular weight is 418 g/mol. The molecule has 4 rings (SSSR count). The second-order valence-electron chi connectivity index (χ2n) is 6.58. The van der Waals surface area contributed by atoms with Gasteiger partial charge in [0.15, 0.2) is 0 Å². The van der Waals surface area contributed by atoms with Gasteiger partial charge in [-0.2, -0.15) is 0 Å². The second kappa shape index (κ2) is 8.64. The first-order valence-corrected chi connectivity index (χ1v) is 10.4. The van der Waals surface area contributed by atoms with Crippen molar-refractivity contribution in [3.05, 3.63) is 95.4 Å². The smallest absolute Gasteiger partial charge is 0.266 e. The minimum Gasteiger partial charge on any atom is -0.489 e. The lowest BCUT2D eigenvalue weighted by atomic mass is 10.1. The molecule has 3 aromatic rings. The van der Waals surface area contributed by atoms with Crippen molar-refractivity contribution >= 4 is 51.1 Å². The van der Waals surface area contributed by atoms with Crippen LogP contribution in [0.15, 0.2) is 84.3 Å². The molecule has 0 radical (unpaired) electrons. The quantitative estimate of drug-likeness (QED) is 0.288. The van der Waals surface area contributed by atoms with Crippen molar-refractivity contribution in [1.29, 1.82) is 0 Å². The third kappa shape index (κ3) is 4.26. The molecular weight excluding hydrogens is 398 g/mol. The van der Waals surface area contributed by atoms with E-state index in [0.717, 1.165) is 16.9 Å². The third-order valence-electron chi connectivity index (χ3n) is 4.64. The fourth-order valence-electron chi connectivity index (χ4n) is 3.18. The Kier molecular flexibility index (Phi) is 5.79. The van der Waals surface area contributed by atoms with Crippen molar-refractivity contribution in [3.63, 3.8) is 0 Å². The Morgan fingerprint density at radius 1 is 1.03 bits per heavy atom. The summed E-state index contributed by atoms with van der Waals surface area (Å²) in [5.74, 6) is 0.713. The Morgan fingerprint density at radius 2 is 1.79 bits per heavy atom. The van der Waals surface area contributed by atoms with Gasteiger partial charge in [-0.05, 0) is 40.1 Å². The van der Waals surface area contributed by atoms with Crippen LogP contribution >= 0.6 is 24.0 Å². The normalized spacial score (nSPS) is 15.3. The summed E-state index contributed by atoms with van der Waals surface area (Å²) in [5.41, 5.74) is 2.08. The van der Waals surface area contributed by atoms with Crippen LogP contribution in [0.25, 0.3) is 16.8 Å². The number of ether oxygens (including phenoxy) is 1. The number of carbonyl (C=O) groups is 1. The van der Waals surface area contributed by atoms with Gasteiger partial charge in [-0.3, -0.25) is 9.69 Å². The number of fused-ring (bicyclic) bond motifs is 1. The van der Waals surface area contributed by atoms with E-state index in [0.29, 0.717) is 22.4 Å². The van der Waals surface area contributed by atoms with E-state index in [4.69, 9.17) is 17.0 Å². The Balaban J connectivity index is 1.45. The zero-order valence-electron chi connectivity index (χ0n) is 15.7. The number of nitrogens with zero attached hydrogens (tertiary/aromatic N) is 1. The topological polar surface area (TPSA) is 29.5 Å². The lowest BCUT2D eigenvalue weighted by Crippen LogP contribution is -2.27. The molecule has 0 spiro atoms. The van der Waals surface area contributed by atoms with E-state index < -0.39 is 0 Å². The number of hydrogen-bond donors (Lipinski definition) is 0. The number of amides is 1. The summed E-state index contributed by atoms with van der Waals surface area (Å²) in [6.07, 6.45) is 3.53. The fraction of sp³-hybridized carbons (Fsp3) is 0.0833. The molecule has 5 heteroatoms. The zero-order valence-corrected chi connectivity index (χ0v) is 17.3. The molecule has 0 unspecified atom stereocenters. The van der Waals surface area contributed by atoms with Gasteiger partial charge in [-0.15, -0.1) is 6.58 Å². The molecule has 1 aliphatic rings. The molecule has 1 saturated heterocycles. The molecule has 0 aliphatic carbocycles. The summed E-state index contributed by atoms with van der Waals surface area (Å²) in [6.45, 7) is 4.61. The van der Waals surface area contributed by atoms with Gasteiger partial charge in [0.05, 0.1) is 4.91 Å². The summed E-state index contributed by atoms with van der Waals surface area (Å²) in [7, 11) is 0. The monoisotopic (exact) mass is 417 g/mol. The minimum absolute atomic E-state index is 0.0730. The predicted octanol–water partition coefficient (Wildman–Crippen LogP) is 5.81. The van der Waals surface area contributed by atoms with Crippen LogP contribution in [0.4, 0.5) is 0 Å². The van der Waals surface area contributed by atoms with Crippen molar-refractivity contribution in [2.75, 3.05) is 6.54 Å². The van der Waals surface area contributed by atoms with Crippen molar-refractivity contribution in [3.8, 4) is 5.75 Å². The summed E-state index contributed by atoms with van der Waals surface area (Å²) in [5, 5.41) is 2.41. The highest BCUT2D eigenvalue weighted by atomic mass is 32.2. The molecule has 144 valence electrons. The SMILES string of the molecule is C=CCN1C(=O)C(=Cc2ccc(OCc3cccc4ccccc34)cc2)SC1=S. The van der Waals surface area contributed by atoms with Gasteiger partial charge in [-0.1, -0.05) is 84.7 Å². The van der Waals surface area contributed by atoms with E-state index in [1.54, 1.807) is 11.0 Å². The lowest BCUT2D eigenvalue weighted by Gasteiger charge is -2.10. The molecule has 3 nitrogen and oxygen atoms in total. The van der Waals surface area contributed by atoms with E-state index in [-0.39, 0.29) is 5.91 Å². The van der Waals surface area contributed by atoms with Crippen molar-refractivity contribution < 1.29 is 9.53 Å². The number of hydrogen-bond acceptors (Lipinski definition) is 4. The van der Waals surface area contributed by atoms with Crippen molar-refractivity contribution in [2.24, 2.45) is 0 Å². The van der Waals surface area contributed by atoms with Crippen LogP contribution in [-0.4, -0.2) is 21.7 Å². The molecule has 1 fully saturated rings. The zero-order chi connectivity index (χ0) is 20.2. The van der Waals surface area contributed by atoms with Gasteiger partial charge in [0, 0.05) is 6.54 Å². The summed E-state index contributed by atoms with van der Waals surface area (Å²) in [4.78, 5) is 14.6. The molecule has 29 heavy (non-hydrogen) atoms. The fourth-order valence-corrected chi connectivity index (χ4v) is 4.45. The molecule has 1 amide bonds. The lowest BCUT2D eigenvalue weighted by molar-refractivity contribution is -0.121. The predicted molar refractivity (Wildman–Crippen MR) is 125 cm³/mol. The highest BCUT2D eigenvalue weighted by molar-refractivity contribution is 8.26. The molecule has 0 saturated carbocycles. The van der Waals surface area contributed by atoms with E-state index in [2.05, 4.69) is 30.8 Å². The summed E-state index contributed by atoms with van der Waals surface area (Å²) in [6, 6.07) is 22.2. The number of benzene rings is 3. The molecule has 1 aliphatic heterocycles. The van der Waals surface area contributed by atoms with E-state index in [1.807, 2.05) is 48.5 Å². The maximum absolute atomic E-state index is 12.4. The van der Waals surface area contributed by atoms with E-state index in [9.17, 15) is 4.79 Å². The first-order valence-electron chi connectivity index (χ1n) is 9.21. The van der Waals surface area contributed by atoms with Gasteiger partial charge < -0.3 is 4.74 Å². The molecule has 3 aromatic carbocycles. The molecule has 0 atom stereocenters. The van der Waals surface area contributed by atoms with Crippen LogP contribution in [0.1, 0.15) is 11.1 Å². The van der Waals surface area contributed by atoms with Gasteiger partial charge in [0.1, 0.15) is 16.7 Å². The average Bonchev–Trinajstić information content (AvgIpc) is 3.01. The Morgan fingerprint density at radius 3 is 2.59 bits per heavy atom. The van der Waals surface area contributed by atoms with Gasteiger partial charge in [0.25, 0.3) is 5.91 Å². The van der Waals surface area contributed by atoms with Crippen LogP contribution in [0.3, 0.4) is 0 Å². The van der Waals surface area contributed by atoms with E-state index in [1.165, 1.54) is 22.5 Å². The van der Waals surface area contributed by atoms with Crippen LogP contribution in [0.2, 0.25) is 0 Å². The van der Waals surface area contributed by atoms with Gasteiger partial charge >= 0.3 is 0 Å². The van der Waals surface area contributed by atoms with Crippen molar-refractivity contribution in [2.45, 2.75) is 6.61 Å². The van der Waals surface area contributed by atoms with Gasteiger partial charge in [0.2, 0.25) is 0 Å². The van der Waals surface area contributed by atoms with E-state index >= 15 is 0 Å². The number of thiocarbonyl (C=S) groups is 1. The maximum Gasteiger partial charge on any atom is 0.266 e. The summed E-state index contributed by atoms with van der Waals surface area (Å²) < 4.78 is 6.55. The van der Waals surface area contributed by atoms with Crippen LogP contribution in [0, 0.1) is 0 Å². The second-order valence-corrected chi connectivity index (χ2v) is 8.25. The molecule has 0 bridgehead atoms. The number of carbonyl (C=O) groups excluding carboxylic acids is 1. The van der Waals surface area contributed by atoms with Crippen LogP contribution < -0.4 is 4.74 Å². The Labute approximate surface area is 179 Å². The van der Waals surface area contributed by atoms with Crippen molar-refractivity contribution in [1.82, 2.24) is 4.90 Å². The molecular formula is C24H19NO2S2. The third-order valence-corrected chi connectivity index (χ3v) is 6.02. The van der Waals surface area contributed by atoms with Crippen LogP contribution in [0.5, 0.6) is 5.75 Å². The highest BCUT2D eigenvalue weighted by Crippen LogP contribution is 2.32. The Bertz CT molecular complexity index is 1110. The number of thioether (sulfide) groups is 1. The molecule has 0 N–H and O–H groups in total. The van der Waals surface area contributed by atoms with Crippen LogP contribution in [-0.2, 0) is 11.4 Å². The van der Waals surface area contributed by atoms with Gasteiger partial charge in [-0.25, -0.2) is 0 Å². The first-order chi connectivity index (χ1) is 14.2. The first kappa shape index (κ1) is 19.4.